The lowest BCUT2D eigenvalue weighted by molar-refractivity contribution is -0.301. The van der Waals surface area contributed by atoms with E-state index >= 15 is 4.79 Å². The van der Waals surface area contributed by atoms with Crippen molar-refractivity contribution in [3.05, 3.63) is 55.0 Å². The molecule has 19 nitrogen and oxygen atoms in total. The third kappa shape index (κ3) is 13.7. The topological polar surface area (TPSA) is 242 Å². The lowest BCUT2D eigenvalue weighted by Crippen LogP contribution is -2.64. The lowest BCUT2D eigenvalue weighted by Gasteiger charge is -2.49. The molecule has 0 saturated carbocycles. The van der Waals surface area contributed by atoms with Crippen LogP contribution in [-0.2, 0) is 60.6 Å². The number of nitrogens with zero attached hydrogens (tertiary/aromatic N) is 6. The van der Waals surface area contributed by atoms with Gasteiger partial charge in [-0.3, -0.25) is 24.2 Å². The van der Waals surface area contributed by atoms with Crippen molar-refractivity contribution in [3.63, 3.8) is 0 Å². The molecule has 19 heteroatoms. The number of hydrogen-bond donors (Lipinski definition) is 3. The first-order chi connectivity index (χ1) is 32.6. The van der Waals surface area contributed by atoms with Crippen LogP contribution >= 0.6 is 0 Å². The van der Waals surface area contributed by atoms with E-state index in [1.807, 2.05) is 57.5 Å². The minimum absolute atomic E-state index is 0.105. The number of ether oxygens (including phenoxy) is 6. The van der Waals surface area contributed by atoms with E-state index in [0.717, 1.165) is 12.0 Å². The lowest BCUT2D eigenvalue weighted by atomic mass is 9.73. The van der Waals surface area contributed by atoms with Crippen molar-refractivity contribution in [1.29, 1.82) is 0 Å². The van der Waals surface area contributed by atoms with Gasteiger partial charge in [0.2, 0.25) is 5.95 Å². The van der Waals surface area contributed by atoms with E-state index in [9.17, 15) is 19.5 Å². The van der Waals surface area contributed by atoms with Gasteiger partial charge in [0.1, 0.15) is 24.1 Å². The monoisotopic (exact) mass is 965 g/mol. The molecule has 3 aromatic rings. The van der Waals surface area contributed by atoms with Crippen LogP contribution in [0.2, 0.25) is 0 Å². The Bertz CT molecular complexity index is 2150. The number of hydrogen-bond acceptors (Lipinski definition) is 18. The summed E-state index contributed by atoms with van der Waals surface area (Å²) in [5.74, 6) is -5.43. The van der Waals surface area contributed by atoms with Crippen LogP contribution < -0.4 is 11.1 Å². The van der Waals surface area contributed by atoms with E-state index in [0.29, 0.717) is 37.3 Å². The number of carbonyl (C=O) groups is 4. The smallest absolute Gasteiger partial charge is 0.312 e. The number of imidazole rings is 1. The summed E-state index contributed by atoms with van der Waals surface area (Å²) in [5, 5.41) is 15.3. The number of cyclic esters (lactones) is 1. The molecule has 4 unspecified atom stereocenters. The van der Waals surface area contributed by atoms with Crippen LogP contribution in [0.3, 0.4) is 0 Å². The van der Waals surface area contributed by atoms with E-state index in [2.05, 4.69) is 25.3 Å². The molecule has 5 heterocycles. The van der Waals surface area contributed by atoms with Crippen LogP contribution in [0.15, 0.2) is 49.3 Å². The quantitative estimate of drug-likeness (QED) is 0.101. The number of methoxy groups -OCH3 is 1. The number of aryl methyl sites for hydroxylation is 1. The minimum atomic E-state index is -1.56. The van der Waals surface area contributed by atoms with Crippen LogP contribution in [0.25, 0.3) is 11.3 Å². The number of esters is 3. The van der Waals surface area contributed by atoms with Gasteiger partial charge in [-0.1, -0.05) is 33.8 Å². The molecule has 4 N–H and O–H groups in total. The van der Waals surface area contributed by atoms with E-state index < -0.39 is 89.5 Å². The van der Waals surface area contributed by atoms with Crippen LogP contribution in [-0.4, -0.2) is 146 Å². The normalized spacial score (nSPS) is 32.8. The van der Waals surface area contributed by atoms with Crippen LogP contribution in [0.1, 0.15) is 100 Å². The first kappa shape index (κ1) is 55.0. The molecule has 69 heavy (non-hydrogen) atoms. The summed E-state index contributed by atoms with van der Waals surface area (Å²) >= 11 is 0. The minimum Gasteiger partial charge on any atom is -0.461 e. The molecule has 0 aromatic carbocycles. The molecule has 0 aliphatic carbocycles. The maximum atomic E-state index is 15.0. The Kier molecular flexibility index (Phi) is 19.4. The zero-order chi connectivity index (χ0) is 50.8. The number of likely N-dealkylation sites (N-methyl/N-ethyl adjacent to an activating group) is 1. The Labute approximate surface area is 406 Å². The second kappa shape index (κ2) is 24.3. The van der Waals surface area contributed by atoms with Crippen molar-refractivity contribution < 1.29 is 52.7 Å². The Morgan fingerprint density at radius 1 is 1.03 bits per heavy atom. The average Bonchev–Trinajstić information content (AvgIpc) is 3.78. The van der Waals surface area contributed by atoms with Gasteiger partial charge in [0.05, 0.1) is 53.9 Å². The highest BCUT2D eigenvalue weighted by molar-refractivity contribution is 5.84. The predicted octanol–water partition coefficient (Wildman–Crippen LogP) is 4.59. The Morgan fingerprint density at radius 2 is 1.74 bits per heavy atom. The molecule has 382 valence electrons. The third-order valence-corrected chi connectivity index (χ3v) is 14.0. The molecular formula is C50H76N8O11. The highest BCUT2D eigenvalue weighted by Crippen LogP contribution is 2.41. The SMILES string of the molecule is CC[C@H]1OC(=O)[C@H](C)C(OC(=O)Cc2ccccn2)[C@H](C)C(OC2O[C@H](C)C[C@H](N(C)C)[C@H]2O)[C@](C)(OC)C[C@@H](C)C(=O)[C@H](C)C(NCCCCn2cnc(-c3cnc(N)nc3)c2)[C@]1(C)OC(C)=O. The molecule has 3 aromatic heterocycles. The molecule has 14 atom stereocenters. The Morgan fingerprint density at radius 3 is 2.36 bits per heavy atom. The number of pyridine rings is 1. The number of aliphatic hydroxyl groups excluding tert-OH is 1. The fraction of sp³-hybridized carbons (Fsp3) is 0.680. The van der Waals surface area contributed by atoms with E-state index in [4.69, 9.17) is 34.2 Å². The van der Waals surface area contributed by atoms with E-state index in [1.165, 1.54) is 14.0 Å². The number of nitrogen functional groups attached to an aromatic ring is 1. The second-order valence-electron chi connectivity index (χ2n) is 19.6. The highest BCUT2D eigenvalue weighted by Gasteiger charge is 2.54. The van der Waals surface area contributed by atoms with Gasteiger partial charge in [-0.05, 0) is 92.6 Å². The van der Waals surface area contributed by atoms with Gasteiger partial charge in [0.15, 0.2) is 11.9 Å². The first-order valence-electron chi connectivity index (χ1n) is 24.2. The maximum absolute atomic E-state index is 15.0. The van der Waals surface area contributed by atoms with Gasteiger partial charge in [-0.2, -0.15) is 0 Å². The summed E-state index contributed by atoms with van der Waals surface area (Å²) in [7, 11) is 5.27. The largest absolute Gasteiger partial charge is 0.461 e. The fourth-order valence-electron chi connectivity index (χ4n) is 10.2. The number of unbranched alkanes of at least 4 members (excludes halogenated alkanes) is 1. The third-order valence-electron chi connectivity index (χ3n) is 14.0. The van der Waals surface area contributed by atoms with Crippen molar-refractivity contribution >= 4 is 29.6 Å². The molecular weight excluding hydrogens is 889 g/mol. The van der Waals surface area contributed by atoms with Gasteiger partial charge < -0.3 is 54.0 Å². The molecule has 2 fully saturated rings. The standard InChI is InChI=1S/C50H76N8O11/c1-13-39-50(9,69-34(7)59)44(53-20-16-17-21-58-27-37(56-28-58)35-25-54-48(51)55-26-35)31(4)41(61)29(2)24-49(8,64-12)45(68-47-42(62)38(57(10)11)22-30(3)65-47)32(5)43(33(6)46(63)66-39)67-40(60)23-36-18-14-15-19-52-36/h14-15,18-19,25-33,38-39,42-45,47,53,62H,13,16-17,20-24H2,1-12H3,(H2,51,54,55)/t29-,30-,31+,32+,33-,38+,39-,42-,43?,44?,45?,47?,49-,50-/m1/s1. The molecule has 0 amide bonds. The van der Waals surface area contributed by atoms with Crippen molar-refractivity contribution in [2.24, 2.45) is 23.7 Å². The summed E-state index contributed by atoms with van der Waals surface area (Å²) in [6, 6.07) is 4.04. The number of nitrogens with one attached hydrogen (secondary N) is 1. The zero-order valence-electron chi connectivity index (χ0n) is 42.5. The predicted molar refractivity (Wildman–Crippen MR) is 256 cm³/mol. The molecule has 5 rings (SSSR count). The van der Waals surface area contributed by atoms with E-state index in [1.54, 1.807) is 70.8 Å². The number of nitrogens with two attached hydrogens (primary N) is 1. The van der Waals surface area contributed by atoms with Gasteiger partial charge in [0.25, 0.3) is 0 Å². The molecule has 2 aliphatic heterocycles. The highest BCUT2D eigenvalue weighted by atomic mass is 16.7. The van der Waals surface area contributed by atoms with Gasteiger partial charge in [-0.15, -0.1) is 0 Å². The number of aromatic nitrogens is 5. The number of aliphatic hydroxyl groups is 1. The van der Waals surface area contributed by atoms with Crippen LogP contribution in [0, 0.1) is 23.7 Å². The maximum Gasteiger partial charge on any atom is 0.312 e. The second-order valence-corrected chi connectivity index (χ2v) is 19.6. The average molecular weight is 965 g/mol. The van der Waals surface area contributed by atoms with Crippen molar-refractivity contribution in [3.8, 4) is 11.3 Å². The number of Topliss-reactive ketones (excluding diaryl/α,β-unsaturated/α-hetero) is 1. The molecule has 0 bridgehead atoms. The van der Waals surface area contributed by atoms with Crippen molar-refractivity contribution in [1.82, 2.24) is 34.7 Å². The molecule has 2 aliphatic rings. The summed E-state index contributed by atoms with van der Waals surface area (Å²) in [6.07, 6.45) is 4.64. The van der Waals surface area contributed by atoms with Gasteiger partial charge in [0, 0.05) is 74.7 Å². The first-order valence-corrected chi connectivity index (χ1v) is 24.2. The molecule has 2 saturated heterocycles. The van der Waals surface area contributed by atoms with Gasteiger partial charge >= 0.3 is 17.9 Å². The number of rotatable bonds is 16. The number of anilines is 1. The van der Waals surface area contributed by atoms with Gasteiger partial charge in [-0.25, -0.2) is 15.0 Å². The summed E-state index contributed by atoms with van der Waals surface area (Å²) in [6.45, 7) is 16.6. The number of carbonyl (C=O) groups excluding carboxylic acids is 4. The summed E-state index contributed by atoms with van der Waals surface area (Å²) in [5.41, 5.74) is 4.70. The molecule has 0 radical (unpaired) electrons. The summed E-state index contributed by atoms with van der Waals surface area (Å²) in [4.78, 5) is 75.7. The van der Waals surface area contributed by atoms with Crippen molar-refractivity contribution in [2.75, 3.05) is 33.5 Å². The van der Waals surface area contributed by atoms with Crippen molar-refractivity contribution in [2.45, 2.75) is 167 Å². The van der Waals surface area contributed by atoms with Crippen LogP contribution in [0.4, 0.5) is 5.95 Å². The molecule has 0 spiro atoms. The van der Waals surface area contributed by atoms with Crippen LogP contribution in [0.5, 0.6) is 0 Å². The summed E-state index contributed by atoms with van der Waals surface area (Å²) < 4.78 is 40.5. The van der Waals surface area contributed by atoms with E-state index in [-0.39, 0.29) is 43.1 Å². The fourth-order valence-corrected chi connectivity index (χ4v) is 10.2. The Balaban J connectivity index is 1.52. The zero-order valence-corrected chi connectivity index (χ0v) is 42.5. The Hall–Kier alpha value is -4.92. The number of ketones is 1.